The molecule has 0 aliphatic heterocycles. The molecular formula is C14H7Cl3FN3O. The Morgan fingerprint density at radius 3 is 2.50 bits per heavy atom. The lowest BCUT2D eigenvalue weighted by atomic mass is 10.3. The van der Waals surface area contributed by atoms with Gasteiger partial charge >= 0.3 is 0 Å². The number of hydrogen-bond acceptors (Lipinski definition) is 2. The average molecular weight is 359 g/mol. The van der Waals surface area contributed by atoms with Crippen LogP contribution >= 0.6 is 34.8 Å². The normalized spacial score (nSPS) is 10.9. The molecule has 3 rings (SSSR count). The van der Waals surface area contributed by atoms with Gasteiger partial charge in [-0.15, -0.1) is 0 Å². The molecule has 0 saturated carbocycles. The molecule has 0 aliphatic carbocycles. The van der Waals surface area contributed by atoms with Crippen molar-refractivity contribution in [1.82, 2.24) is 9.38 Å². The minimum atomic E-state index is -0.518. The molecule has 2 heterocycles. The third-order valence-electron chi connectivity index (χ3n) is 2.89. The van der Waals surface area contributed by atoms with Crippen molar-refractivity contribution in [2.75, 3.05) is 5.32 Å². The Balaban J connectivity index is 1.93. The largest absolute Gasteiger partial charge is 0.318 e. The Bertz CT molecular complexity index is 871. The molecule has 1 N–H and O–H groups in total. The molecule has 0 radical (unpaired) electrons. The Morgan fingerprint density at radius 2 is 1.82 bits per heavy atom. The maximum atomic E-state index is 13.1. The first kappa shape index (κ1) is 15.1. The number of halogens is 4. The van der Waals surface area contributed by atoms with Crippen LogP contribution in [0.1, 0.15) is 10.5 Å². The zero-order valence-corrected chi connectivity index (χ0v) is 13.0. The summed E-state index contributed by atoms with van der Waals surface area (Å²) in [6, 6.07) is 5.65. The van der Waals surface area contributed by atoms with Crippen molar-refractivity contribution in [1.29, 1.82) is 0 Å². The minimum absolute atomic E-state index is 0.104. The Morgan fingerprint density at radius 1 is 1.14 bits per heavy atom. The summed E-state index contributed by atoms with van der Waals surface area (Å²) >= 11 is 17.8. The van der Waals surface area contributed by atoms with Gasteiger partial charge in [0.1, 0.15) is 17.2 Å². The number of rotatable bonds is 2. The summed E-state index contributed by atoms with van der Waals surface area (Å²) in [5.74, 6) is -0.948. The maximum Gasteiger partial charge on any atom is 0.275 e. The molecule has 0 unspecified atom stereocenters. The van der Waals surface area contributed by atoms with Crippen LogP contribution in [0.25, 0.3) is 5.65 Å². The van der Waals surface area contributed by atoms with Crippen molar-refractivity contribution in [3.8, 4) is 0 Å². The van der Waals surface area contributed by atoms with Crippen molar-refractivity contribution >= 4 is 52.0 Å². The van der Waals surface area contributed by atoms with E-state index in [1.807, 2.05) is 0 Å². The molecule has 112 valence electrons. The van der Waals surface area contributed by atoms with Crippen molar-refractivity contribution in [2.45, 2.75) is 0 Å². The predicted octanol–water partition coefficient (Wildman–Crippen LogP) is 4.69. The van der Waals surface area contributed by atoms with Gasteiger partial charge in [0.15, 0.2) is 0 Å². The van der Waals surface area contributed by atoms with Crippen molar-refractivity contribution in [3.63, 3.8) is 0 Å². The van der Waals surface area contributed by atoms with E-state index >= 15 is 0 Å². The fourth-order valence-electron chi connectivity index (χ4n) is 1.91. The van der Waals surface area contributed by atoms with Crippen LogP contribution < -0.4 is 5.32 Å². The molecule has 0 bridgehead atoms. The van der Waals surface area contributed by atoms with Crippen LogP contribution in [0.3, 0.4) is 0 Å². The molecular weight excluding hydrogens is 352 g/mol. The van der Waals surface area contributed by atoms with E-state index in [0.29, 0.717) is 10.7 Å². The van der Waals surface area contributed by atoms with E-state index in [4.69, 9.17) is 34.8 Å². The summed E-state index contributed by atoms with van der Waals surface area (Å²) in [4.78, 5) is 16.3. The summed E-state index contributed by atoms with van der Waals surface area (Å²) in [6.45, 7) is 0. The van der Waals surface area contributed by atoms with Crippen LogP contribution in [0.5, 0.6) is 0 Å². The van der Waals surface area contributed by atoms with Gasteiger partial charge in [0.05, 0.1) is 15.7 Å². The van der Waals surface area contributed by atoms with Crippen LogP contribution in [0.15, 0.2) is 36.7 Å². The van der Waals surface area contributed by atoms with Crippen LogP contribution in [0.2, 0.25) is 15.1 Å². The Kier molecular flexibility index (Phi) is 3.95. The highest BCUT2D eigenvalue weighted by Crippen LogP contribution is 2.33. The number of benzene rings is 1. The van der Waals surface area contributed by atoms with E-state index in [1.165, 1.54) is 41.1 Å². The molecule has 3 aromatic rings. The van der Waals surface area contributed by atoms with Gasteiger partial charge in [0, 0.05) is 17.4 Å². The Labute approximate surface area is 139 Å². The highest BCUT2D eigenvalue weighted by atomic mass is 35.5. The van der Waals surface area contributed by atoms with Gasteiger partial charge in [-0.3, -0.25) is 4.79 Å². The summed E-state index contributed by atoms with van der Waals surface area (Å²) in [5.41, 5.74) is 0.786. The topological polar surface area (TPSA) is 46.4 Å². The number of amides is 1. The molecule has 0 spiro atoms. The molecule has 2 aromatic heterocycles. The van der Waals surface area contributed by atoms with E-state index in [2.05, 4.69) is 10.3 Å². The monoisotopic (exact) mass is 357 g/mol. The van der Waals surface area contributed by atoms with Gasteiger partial charge in [0.2, 0.25) is 0 Å². The van der Waals surface area contributed by atoms with E-state index in [9.17, 15) is 9.18 Å². The first-order valence-electron chi connectivity index (χ1n) is 6.04. The summed E-state index contributed by atoms with van der Waals surface area (Å²) in [5, 5.41) is 3.34. The third kappa shape index (κ3) is 2.88. The molecule has 0 fully saturated rings. The predicted molar refractivity (Wildman–Crippen MR) is 84.6 cm³/mol. The zero-order chi connectivity index (χ0) is 15.9. The fraction of sp³-hybridized carbons (Fsp3) is 0. The standard InChI is InChI=1S/C14H7Cl3FN3O/c15-7-3-9(16)13(10(17)4-7)20-14(22)11-6-21-5-8(18)1-2-12(21)19-11/h1-6H,(H,20,22). The molecule has 0 atom stereocenters. The second-order valence-corrected chi connectivity index (χ2v) is 5.69. The maximum absolute atomic E-state index is 13.1. The minimum Gasteiger partial charge on any atom is -0.318 e. The number of carbonyl (C=O) groups is 1. The number of carbonyl (C=O) groups excluding carboxylic acids is 1. The fourth-order valence-corrected chi connectivity index (χ4v) is 2.82. The van der Waals surface area contributed by atoms with Gasteiger partial charge in [-0.25, -0.2) is 9.37 Å². The van der Waals surface area contributed by atoms with Gasteiger partial charge < -0.3 is 9.72 Å². The van der Waals surface area contributed by atoms with E-state index in [-0.39, 0.29) is 21.4 Å². The Hall–Kier alpha value is -1.82. The third-order valence-corrected chi connectivity index (χ3v) is 3.71. The lowest BCUT2D eigenvalue weighted by Gasteiger charge is -2.08. The quantitative estimate of drug-likeness (QED) is 0.722. The van der Waals surface area contributed by atoms with Crippen molar-refractivity contribution < 1.29 is 9.18 Å². The zero-order valence-electron chi connectivity index (χ0n) is 10.8. The average Bonchev–Trinajstić information content (AvgIpc) is 2.85. The van der Waals surface area contributed by atoms with E-state index < -0.39 is 11.7 Å². The molecule has 0 aliphatic rings. The van der Waals surface area contributed by atoms with Crippen molar-refractivity contribution in [3.05, 3.63) is 63.2 Å². The van der Waals surface area contributed by atoms with Gasteiger partial charge in [-0.2, -0.15) is 0 Å². The number of hydrogen-bond donors (Lipinski definition) is 1. The number of imidazole rings is 1. The van der Waals surface area contributed by atoms with Gasteiger partial charge in [0.25, 0.3) is 5.91 Å². The van der Waals surface area contributed by atoms with Crippen LogP contribution in [0, 0.1) is 5.82 Å². The molecule has 4 nitrogen and oxygen atoms in total. The summed E-state index contributed by atoms with van der Waals surface area (Å²) in [7, 11) is 0. The summed E-state index contributed by atoms with van der Waals surface area (Å²) in [6.07, 6.45) is 2.63. The number of pyridine rings is 1. The number of anilines is 1. The van der Waals surface area contributed by atoms with E-state index in [1.54, 1.807) is 0 Å². The smallest absolute Gasteiger partial charge is 0.275 e. The molecule has 1 amide bonds. The number of nitrogens with zero attached hydrogens (tertiary/aromatic N) is 2. The molecule has 0 saturated heterocycles. The summed E-state index contributed by atoms with van der Waals surface area (Å²) < 4.78 is 14.6. The second-order valence-electron chi connectivity index (χ2n) is 4.44. The molecule has 8 heteroatoms. The lowest BCUT2D eigenvalue weighted by molar-refractivity contribution is 0.102. The highest BCUT2D eigenvalue weighted by Gasteiger charge is 2.15. The van der Waals surface area contributed by atoms with Gasteiger partial charge in [-0.05, 0) is 24.3 Å². The SMILES string of the molecule is O=C(Nc1c(Cl)cc(Cl)cc1Cl)c1cn2cc(F)ccc2n1. The number of aromatic nitrogens is 2. The van der Waals surface area contributed by atoms with Gasteiger partial charge in [-0.1, -0.05) is 34.8 Å². The van der Waals surface area contributed by atoms with Crippen LogP contribution in [-0.2, 0) is 0 Å². The lowest BCUT2D eigenvalue weighted by Crippen LogP contribution is -2.13. The molecule has 1 aromatic carbocycles. The second kappa shape index (κ2) is 5.76. The van der Waals surface area contributed by atoms with Crippen LogP contribution in [-0.4, -0.2) is 15.3 Å². The highest BCUT2D eigenvalue weighted by molar-refractivity contribution is 6.42. The molecule has 22 heavy (non-hydrogen) atoms. The van der Waals surface area contributed by atoms with Crippen molar-refractivity contribution in [2.24, 2.45) is 0 Å². The first-order valence-corrected chi connectivity index (χ1v) is 7.17. The van der Waals surface area contributed by atoms with Crippen LogP contribution in [0.4, 0.5) is 10.1 Å². The number of fused-ring (bicyclic) bond motifs is 1. The first-order chi connectivity index (χ1) is 10.4. The van der Waals surface area contributed by atoms with E-state index in [0.717, 1.165) is 0 Å². The number of nitrogens with one attached hydrogen (secondary N) is 1.